The van der Waals surface area contributed by atoms with E-state index in [9.17, 15) is 26.3 Å². The molecule has 8 heteroatoms. The summed E-state index contributed by atoms with van der Waals surface area (Å²) in [5, 5.41) is 0. The number of rotatable bonds is 2. The van der Waals surface area contributed by atoms with E-state index in [4.69, 9.17) is 4.74 Å². The van der Waals surface area contributed by atoms with Crippen molar-refractivity contribution in [2.45, 2.75) is 12.4 Å². The largest absolute Gasteiger partial charge is 0.457 e. The third-order valence-corrected chi connectivity index (χ3v) is 2.24. The van der Waals surface area contributed by atoms with Crippen LogP contribution in [0.1, 0.15) is 11.1 Å². The van der Waals surface area contributed by atoms with Crippen LogP contribution in [0.2, 0.25) is 0 Å². The van der Waals surface area contributed by atoms with Gasteiger partial charge in [0.25, 0.3) is 0 Å². The smallest absolute Gasteiger partial charge is 0.416 e. The summed E-state index contributed by atoms with van der Waals surface area (Å²) in [4.78, 5) is 0. The Kier molecular flexibility index (Phi) is 3.41. The minimum Gasteiger partial charge on any atom is -0.457 e. The molecule has 0 aliphatic carbocycles. The lowest BCUT2D eigenvalue weighted by Crippen LogP contribution is -2.10. The average Bonchev–Trinajstić information content (AvgIpc) is 2.79. The molecule has 1 heterocycles. The van der Waals surface area contributed by atoms with Gasteiger partial charge in [0.1, 0.15) is 12.0 Å². The number of halogens is 6. The minimum absolute atomic E-state index is 0.0222. The minimum atomic E-state index is -4.91. The lowest BCUT2D eigenvalue weighted by molar-refractivity contribution is -0.143. The second-order valence-corrected chi connectivity index (χ2v) is 3.74. The summed E-state index contributed by atoms with van der Waals surface area (Å²) in [6.07, 6.45) is -6.64. The molecule has 0 saturated carbocycles. The van der Waals surface area contributed by atoms with Gasteiger partial charge < -0.3 is 9.15 Å². The Hall–Kier alpha value is -2.12. The molecule has 0 aliphatic rings. The zero-order valence-corrected chi connectivity index (χ0v) is 9.47. The summed E-state index contributed by atoms with van der Waals surface area (Å²) < 4.78 is 84.8. The Balaban J connectivity index is 2.46. The van der Waals surface area contributed by atoms with Crippen LogP contribution in [0.4, 0.5) is 26.3 Å². The Morgan fingerprint density at radius 3 is 1.80 bits per heavy atom. The van der Waals surface area contributed by atoms with Crippen molar-refractivity contribution in [3.8, 4) is 11.5 Å². The second-order valence-electron chi connectivity index (χ2n) is 3.74. The monoisotopic (exact) mass is 295 g/mol. The van der Waals surface area contributed by atoms with Crippen LogP contribution in [-0.2, 0) is 12.4 Å². The van der Waals surface area contributed by atoms with Gasteiger partial charge >= 0.3 is 12.4 Å². The fourth-order valence-corrected chi connectivity index (χ4v) is 1.39. The number of benzene rings is 1. The molecule has 2 aromatic rings. The van der Waals surface area contributed by atoms with Gasteiger partial charge in [-0.15, -0.1) is 0 Å². The third kappa shape index (κ3) is 3.25. The van der Waals surface area contributed by atoms with Crippen molar-refractivity contribution < 1.29 is 35.5 Å². The van der Waals surface area contributed by atoms with Crippen LogP contribution >= 0.6 is 0 Å². The van der Waals surface area contributed by atoms with Crippen LogP contribution in [0.15, 0.2) is 34.9 Å². The summed E-state index contributed by atoms with van der Waals surface area (Å²) in [6, 6.07) is 2.10. The van der Waals surface area contributed by atoms with Gasteiger partial charge in [-0.25, -0.2) is 0 Å². The quantitative estimate of drug-likeness (QED) is 0.734. The van der Waals surface area contributed by atoms with Crippen LogP contribution in [0, 0.1) is 6.26 Å². The van der Waals surface area contributed by atoms with Crippen molar-refractivity contribution in [1.29, 1.82) is 0 Å². The van der Waals surface area contributed by atoms with Gasteiger partial charge in [0.2, 0.25) is 0 Å². The van der Waals surface area contributed by atoms with Crippen molar-refractivity contribution >= 4 is 0 Å². The van der Waals surface area contributed by atoms with E-state index in [0.717, 1.165) is 12.3 Å². The molecule has 0 amide bonds. The first-order chi connectivity index (χ1) is 9.16. The normalized spacial score (nSPS) is 12.5. The standard InChI is InChI=1S/C12H5F6O2/c13-11(14,15)7-3-8(12(16,17)18)5-10(4-7)20-9-1-2-19-6-9/h1,3-6H. The number of hydrogen-bond acceptors (Lipinski definition) is 2. The predicted molar refractivity (Wildman–Crippen MR) is 54.1 cm³/mol. The van der Waals surface area contributed by atoms with E-state index in [-0.39, 0.29) is 11.8 Å². The van der Waals surface area contributed by atoms with Crippen molar-refractivity contribution in [2.75, 3.05) is 0 Å². The number of alkyl halides is 6. The summed E-state index contributed by atoms with van der Waals surface area (Å²) >= 11 is 0. The fourth-order valence-electron chi connectivity index (χ4n) is 1.39. The van der Waals surface area contributed by atoms with E-state index < -0.39 is 29.2 Å². The number of ether oxygens (including phenoxy) is 1. The number of furan rings is 1. The van der Waals surface area contributed by atoms with Gasteiger partial charge in [-0.05, 0) is 18.2 Å². The van der Waals surface area contributed by atoms with Crippen LogP contribution in [0.5, 0.6) is 11.5 Å². The molecule has 0 spiro atoms. The lowest BCUT2D eigenvalue weighted by atomic mass is 10.1. The van der Waals surface area contributed by atoms with E-state index in [1.54, 1.807) is 0 Å². The molecule has 0 unspecified atom stereocenters. The molecule has 0 bridgehead atoms. The van der Waals surface area contributed by atoms with E-state index in [0.29, 0.717) is 12.1 Å². The summed E-state index contributed by atoms with van der Waals surface area (Å²) in [5.74, 6) is -0.653. The van der Waals surface area contributed by atoms with Gasteiger partial charge in [0.05, 0.1) is 11.1 Å². The highest BCUT2D eigenvalue weighted by Crippen LogP contribution is 2.39. The molecule has 0 aliphatic heterocycles. The molecule has 2 rings (SSSR count). The third-order valence-electron chi connectivity index (χ3n) is 2.24. The first-order valence-electron chi connectivity index (χ1n) is 5.08. The van der Waals surface area contributed by atoms with Gasteiger partial charge in [-0.1, -0.05) is 0 Å². The molecule has 0 saturated heterocycles. The zero-order valence-electron chi connectivity index (χ0n) is 9.47. The lowest BCUT2D eigenvalue weighted by Gasteiger charge is -2.14. The Bertz CT molecular complexity index is 551. The average molecular weight is 295 g/mol. The van der Waals surface area contributed by atoms with Crippen molar-refractivity contribution in [3.05, 3.63) is 47.9 Å². The maximum absolute atomic E-state index is 12.6. The van der Waals surface area contributed by atoms with E-state index in [1.807, 2.05) is 0 Å². The highest BCUT2D eigenvalue weighted by Gasteiger charge is 2.37. The second kappa shape index (κ2) is 4.77. The van der Waals surface area contributed by atoms with Gasteiger partial charge in [-0.2, -0.15) is 26.3 Å². The highest BCUT2D eigenvalue weighted by atomic mass is 19.4. The Labute approximate surface area is 108 Å². The molecule has 1 aromatic heterocycles. The number of hydrogen-bond donors (Lipinski definition) is 0. The fraction of sp³-hybridized carbons (Fsp3) is 0.167. The molecule has 0 atom stereocenters. The van der Waals surface area contributed by atoms with Gasteiger partial charge in [-0.3, -0.25) is 0 Å². The molecule has 0 fully saturated rings. The topological polar surface area (TPSA) is 22.4 Å². The maximum Gasteiger partial charge on any atom is 0.416 e. The van der Waals surface area contributed by atoms with Gasteiger partial charge in [0, 0.05) is 6.07 Å². The molecule has 107 valence electrons. The summed E-state index contributed by atoms with van der Waals surface area (Å²) in [7, 11) is 0. The SMILES string of the molecule is FC(F)(F)c1cc(Oc2c[c]oc2)cc(C(F)(F)F)c1. The van der Waals surface area contributed by atoms with Crippen LogP contribution in [0.3, 0.4) is 0 Å². The highest BCUT2D eigenvalue weighted by molar-refractivity contribution is 5.39. The van der Waals surface area contributed by atoms with E-state index in [2.05, 4.69) is 10.7 Å². The molecule has 1 aromatic carbocycles. The Morgan fingerprint density at radius 2 is 1.40 bits per heavy atom. The first kappa shape index (κ1) is 14.3. The molecule has 20 heavy (non-hydrogen) atoms. The van der Waals surface area contributed by atoms with Crippen LogP contribution in [0.25, 0.3) is 0 Å². The predicted octanol–water partition coefficient (Wildman–Crippen LogP) is 4.91. The van der Waals surface area contributed by atoms with Crippen molar-refractivity contribution in [3.63, 3.8) is 0 Å². The van der Waals surface area contributed by atoms with Crippen LogP contribution < -0.4 is 4.74 Å². The summed E-state index contributed by atoms with van der Waals surface area (Å²) in [6.45, 7) is 0. The van der Waals surface area contributed by atoms with Crippen LogP contribution in [-0.4, -0.2) is 0 Å². The van der Waals surface area contributed by atoms with Gasteiger partial charge in [0.15, 0.2) is 12.0 Å². The first-order valence-corrected chi connectivity index (χ1v) is 5.08. The molecule has 1 radical (unpaired) electrons. The molecular formula is C12H5F6O2. The van der Waals surface area contributed by atoms with E-state index in [1.165, 1.54) is 0 Å². The Morgan fingerprint density at radius 1 is 0.850 bits per heavy atom. The maximum atomic E-state index is 12.6. The molecule has 0 N–H and O–H groups in total. The summed E-state index contributed by atoms with van der Waals surface area (Å²) in [5.41, 5.74) is -2.90. The van der Waals surface area contributed by atoms with Crippen molar-refractivity contribution in [1.82, 2.24) is 0 Å². The van der Waals surface area contributed by atoms with E-state index >= 15 is 0 Å². The zero-order chi connectivity index (χ0) is 15.0. The van der Waals surface area contributed by atoms with Crippen molar-refractivity contribution in [2.24, 2.45) is 0 Å². The molecular weight excluding hydrogens is 290 g/mol. The molecule has 2 nitrogen and oxygen atoms in total.